The molecule has 1 fully saturated rings. The first-order valence-corrected chi connectivity index (χ1v) is 7.99. The molecular formula is C16H31NO. The summed E-state index contributed by atoms with van der Waals surface area (Å²) in [6.45, 7) is 6.50. The molecule has 1 saturated heterocycles. The van der Waals surface area contributed by atoms with Gasteiger partial charge in [0.1, 0.15) is 5.78 Å². The van der Waals surface area contributed by atoms with Crippen LogP contribution in [0.3, 0.4) is 0 Å². The number of carbonyl (C=O) groups is 1. The van der Waals surface area contributed by atoms with Gasteiger partial charge in [-0.1, -0.05) is 46.0 Å². The Kier molecular flexibility index (Phi) is 7.57. The van der Waals surface area contributed by atoms with Crippen LogP contribution in [0.5, 0.6) is 0 Å². The summed E-state index contributed by atoms with van der Waals surface area (Å²) in [7, 11) is 0. The molecule has 18 heavy (non-hydrogen) atoms. The van der Waals surface area contributed by atoms with E-state index < -0.39 is 0 Å². The predicted molar refractivity (Wildman–Crippen MR) is 77.8 cm³/mol. The van der Waals surface area contributed by atoms with Gasteiger partial charge in [0, 0.05) is 11.8 Å². The van der Waals surface area contributed by atoms with Crippen LogP contribution in [0.15, 0.2) is 0 Å². The van der Waals surface area contributed by atoms with E-state index in [0.717, 1.165) is 51.6 Å². The van der Waals surface area contributed by atoms with E-state index in [-0.39, 0.29) is 5.41 Å². The molecule has 0 bridgehead atoms. The van der Waals surface area contributed by atoms with Gasteiger partial charge in [-0.15, -0.1) is 0 Å². The largest absolute Gasteiger partial charge is 0.317 e. The molecule has 1 heterocycles. The molecule has 0 saturated carbocycles. The Balaban J connectivity index is 2.35. The maximum Gasteiger partial charge on any atom is 0.139 e. The minimum atomic E-state index is 0.0325. The van der Waals surface area contributed by atoms with Crippen molar-refractivity contribution in [3.63, 3.8) is 0 Å². The topological polar surface area (TPSA) is 29.1 Å². The van der Waals surface area contributed by atoms with Crippen LogP contribution in [0.2, 0.25) is 0 Å². The van der Waals surface area contributed by atoms with Gasteiger partial charge in [-0.3, -0.25) is 4.79 Å². The summed E-state index contributed by atoms with van der Waals surface area (Å²) in [5.74, 6) is 0.558. The van der Waals surface area contributed by atoms with Gasteiger partial charge < -0.3 is 5.32 Å². The SMILES string of the molecule is CCCCCCCC(=O)C1(CCC)CCNCC1. The number of Topliss-reactive ketones (excluding diaryl/α,β-unsaturated/α-hetero) is 1. The quantitative estimate of drug-likeness (QED) is 0.627. The fourth-order valence-electron chi connectivity index (χ4n) is 3.21. The maximum absolute atomic E-state index is 12.5. The molecular weight excluding hydrogens is 222 g/mol. The first-order chi connectivity index (χ1) is 8.75. The van der Waals surface area contributed by atoms with Crippen LogP contribution in [0.25, 0.3) is 0 Å². The van der Waals surface area contributed by atoms with Crippen molar-refractivity contribution in [1.29, 1.82) is 0 Å². The van der Waals surface area contributed by atoms with Crippen LogP contribution in [0.4, 0.5) is 0 Å². The van der Waals surface area contributed by atoms with Crippen molar-refractivity contribution in [2.24, 2.45) is 5.41 Å². The zero-order chi connectivity index (χ0) is 13.3. The molecule has 1 aliphatic rings. The Morgan fingerprint density at radius 1 is 1.00 bits per heavy atom. The minimum Gasteiger partial charge on any atom is -0.317 e. The summed E-state index contributed by atoms with van der Waals surface area (Å²) in [4.78, 5) is 12.5. The lowest BCUT2D eigenvalue weighted by molar-refractivity contribution is -0.131. The lowest BCUT2D eigenvalue weighted by Crippen LogP contribution is -2.42. The third-order valence-corrected chi connectivity index (χ3v) is 4.39. The number of ketones is 1. The van der Waals surface area contributed by atoms with E-state index >= 15 is 0 Å². The highest BCUT2D eigenvalue weighted by atomic mass is 16.1. The van der Waals surface area contributed by atoms with E-state index in [1.807, 2.05) is 0 Å². The molecule has 1 N–H and O–H groups in total. The summed E-state index contributed by atoms with van der Waals surface area (Å²) < 4.78 is 0. The Morgan fingerprint density at radius 2 is 1.67 bits per heavy atom. The fourth-order valence-corrected chi connectivity index (χ4v) is 3.21. The molecule has 0 aromatic carbocycles. The summed E-state index contributed by atoms with van der Waals surface area (Å²) in [5, 5.41) is 3.38. The second kappa shape index (κ2) is 8.68. The molecule has 1 aliphatic heterocycles. The second-order valence-corrected chi connectivity index (χ2v) is 5.87. The van der Waals surface area contributed by atoms with Gasteiger partial charge in [0.15, 0.2) is 0 Å². The van der Waals surface area contributed by atoms with Crippen LogP contribution < -0.4 is 5.32 Å². The van der Waals surface area contributed by atoms with E-state index in [0.29, 0.717) is 5.78 Å². The van der Waals surface area contributed by atoms with Gasteiger partial charge in [-0.2, -0.15) is 0 Å². The number of unbranched alkanes of at least 4 members (excludes halogenated alkanes) is 4. The Morgan fingerprint density at radius 3 is 2.28 bits per heavy atom. The summed E-state index contributed by atoms with van der Waals surface area (Å²) in [6, 6.07) is 0. The van der Waals surface area contributed by atoms with Crippen LogP contribution >= 0.6 is 0 Å². The van der Waals surface area contributed by atoms with Crippen molar-refractivity contribution >= 4 is 5.78 Å². The van der Waals surface area contributed by atoms with Gasteiger partial charge in [0.2, 0.25) is 0 Å². The smallest absolute Gasteiger partial charge is 0.139 e. The van der Waals surface area contributed by atoms with Crippen molar-refractivity contribution in [2.45, 2.75) is 78.1 Å². The average molecular weight is 253 g/mol. The number of hydrogen-bond donors (Lipinski definition) is 1. The first-order valence-electron chi connectivity index (χ1n) is 7.99. The van der Waals surface area contributed by atoms with Crippen molar-refractivity contribution in [2.75, 3.05) is 13.1 Å². The molecule has 2 heteroatoms. The van der Waals surface area contributed by atoms with Crippen LogP contribution in [-0.4, -0.2) is 18.9 Å². The Labute approximate surface area is 113 Å². The highest BCUT2D eigenvalue weighted by Crippen LogP contribution is 2.36. The summed E-state index contributed by atoms with van der Waals surface area (Å²) >= 11 is 0. The zero-order valence-corrected chi connectivity index (χ0v) is 12.4. The first kappa shape index (κ1) is 15.7. The van der Waals surface area contributed by atoms with Crippen molar-refractivity contribution in [3.05, 3.63) is 0 Å². The molecule has 0 aromatic heterocycles. The number of nitrogens with one attached hydrogen (secondary N) is 1. The normalized spacial score (nSPS) is 18.8. The van der Waals surface area contributed by atoms with E-state index in [9.17, 15) is 4.79 Å². The average Bonchev–Trinajstić information content (AvgIpc) is 2.39. The second-order valence-electron chi connectivity index (χ2n) is 5.87. The third kappa shape index (κ3) is 4.72. The Hall–Kier alpha value is -0.370. The molecule has 0 amide bonds. The number of carbonyl (C=O) groups excluding carboxylic acids is 1. The van der Waals surface area contributed by atoms with Gasteiger partial charge in [-0.25, -0.2) is 0 Å². The molecule has 0 radical (unpaired) electrons. The lowest BCUT2D eigenvalue weighted by Gasteiger charge is -2.36. The van der Waals surface area contributed by atoms with Crippen molar-refractivity contribution < 1.29 is 4.79 Å². The molecule has 106 valence electrons. The fraction of sp³-hybridized carbons (Fsp3) is 0.938. The third-order valence-electron chi connectivity index (χ3n) is 4.39. The molecule has 2 nitrogen and oxygen atoms in total. The molecule has 0 unspecified atom stereocenters. The van der Waals surface area contributed by atoms with Crippen molar-refractivity contribution in [1.82, 2.24) is 5.32 Å². The van der Waals surface area contributed by atoms with Crippen LogP contribution in [0, 0.1) is 5.41 Å². The molecule has 0 spiro atoms. The van der Waals surface area contributed by atoms with E-state index in [1.165, 1.54) is 25.7 Å². The van der Waals surface area contributed by atoms with Gasteiger partial charge in [-0.05, 0) is 38.8 Å². The minimum absolute atomic E-state index is 0.0325. The molecule has 0 aliphatic carbocycles. The molecule has 0 atom stereocenters. The zero-order valence-electron chi connectivity index (χ0n) is 12.4. The lowest BCUT2D eigenvalue weighted by atomic mass is 9.71. The predicted octanol–water partition coefficient (Wildman–Crippen LogP) is 4.09. The van der Waals surface area contributed by atoms with Gasteiger partial charge >= 0.3 is 0 Å². The van der Waals surface area contributed by atoms with Crippen molar-refractivity contribution in [3.8, 4) is 0 Å². The van der Waals surface area contributed by atoms with Crippen LogP contribution in [0.1, 0.15) is 78.1 Å². The Bertz CT molecular complexity index is 226. The highest BCUT2D eigenvalue weighted by molar-refractivity contribution is 5.84. The number of rotatable bonds is 9. The number of piperidine rings is 1. The summed E-state index contributed by atoms with van der Waals surface area (Å²) in [5.41, 5.74) is 0.0325. The monoisotopic (exact) mass is 253 g/mol. The van der Waals surface area contributed by atoms with Crippen LogP contribution in [-0.2, 0) is 4.79 Å². The highest BCUT2D eigenvalue weighted by Gasteiger charge is 2.37. The number of hydrogen-bond acceptors (Lipinski definition) is 2. The van der Waals surface area contributed by atoms with Gasteiger partial charge in [0.25, 0.3) is 0 Å². The van der Waals surface area contributed by atoms with E-state index in [4.69, 9.17) is 0 Å². The molecule has 0 aromatic rings. The van der Waals surface area contributed by atoms with Gasteiger partial charge in [0.05, 0.1) is 0 Å². The summed E-state index contributed by atoms with van der Waals surface area (Å²) in [6.07, 6.45) is 11.4. The molecule has 1 rings (SSSR count). The van der Waals surface area contributed by atoms with E-state index in [2.05, 4.69) is 19.2 Å². The standard InChI is InChI=1S/C16H31NO/c1-3-5-6-7-8-9-15(18)16(10-4-2)11-13-17-14-12-16/h17H,3-14H2,1-2H3. The van der Waals surface area contributed by atoms with E-state index in [1.54, 1.807) is 0 Å². The maximum atomic E-state index is 12.5.